The van der Waals surface area contributed by atoms with Crippen LogP contribution in [0.2, 0.25) is 5.02 Å². The highest BCUT2D eigenvalue weighted by atomic mass is 35.5. The Kier molecular flexibility index (Phi) is 4.43. The monoisotopic (exact) mass is 296 g/mol. The van der Waals surface area contributed by atoms with Gasteiger partial charge in [-0.2, -0.15) is 0 Å². The van der Waals surface area contributed by atoms with Gasteiger partial charge >= 0.3 is 5.97 Å². The summed E-state index contributed by atoms with van der Waals surface area (Å²) >= 11 is 6.24. The zero-order valence-electron chi connectivity index (χ0n) is 11.9. The summed E-state index contributed by atoms with van der Waals surface area (Å²) in [6, 6.07) is 3.43. The maximum atomic E-state index is 11.4. The zero-order chi connectivity index (χ0) is 14.9. The van der Waals surface area contributed by atoms with Crippen LogP contribution >= 0.6 is 11.6 Å². The molecule has 0 radical (unpaired) electrons. The highest BCUT2D eigenvalue weighted by Gasteiger charge is 2.26. The highest BCUT2D eigenvalue weighted by molar-refractivity contribution is 6.34. The van der Waals surface area contributed by atoms with E-state index in [1.807, 2.05) is 11.9 Å². The zero-order valence-corrected chi connectivity index (χ0v) is 12.7. The average Bonchev–Trinajstić information content (AvgIpc) is 2.37. The highest BCUT2D eigenvalue weighted by Crippen LogP contribution is 2.36. The first-order valence-corrected chi connectivity index (χ1v) is 7.33. The molecule has 4 nitrogen and oxygen atoms in total. The van der Waals surface area contributed by atoms with Crippen LogP contribution in [0.4, 0.5) is 11.4 Å². The fourth-order valence-electron chi connectivity index (χ4n) is 2.95. The molecular weight excluding hydrogens is 276 g/mol. The van der Waals surface area contributed by atoms with E-state index >= 15 is 0 Å². The van der Waals surface area contributed by atoms with Crippen LogP contribution in [-0.2, 0) is 0 Å². The summed E-state index contributed by atoms with van der Waals surface area (Å²) in [6.45, 7) is 2.26. The number of halogens is 1. The second-order valence-corrected chi connectivity index (χ2v) is 6.14. The molecule has 1 aromatic rings. The fourth-order valence-corrected chi connectivity index (χ4v) is 3.31. The van der Waals surface area contributed by atoms with Crippen LogP contribution in [0, 0.1) is 5.92 Å². The van der Waals surface area contributed by atoms with E-state index < -0.39 is 5.97 Å². The molecule has 0 amide bonds. The number of carboxylic acid groups (broad SMARTS) is 1. The fraction of sp³-hybridized carbons (Fsp3) is 0.533. The number of benzene rings is 1. The number of nitrogen functional groups attached to an aromatic ring is 1. The summed E-state index contributed by atoms with van der Waals surface area (Å²) < 4.78 is 0. The van der Waals surface area contributed by atoms with E-state index in [1.54, 1.807) is 6.07 Å². The van der Waals surface area contributed by atoms with Gasteiger partial charge < -0.3 is 15.7 Å². The van der Waals surface area contributed by atoms with Crippen molar-refractivity contribution < 1.29 is 9.90 Å². The third-order valence-corrected chi connectivity index (χ3v) is 4.49. The SMILES string of the molecule is CC1CCC(N(C)c2c(Cl)cc(N)cc2C(=O)O)CC1. The summed E-state index contributed by atoms with van der Waals surface area (Å²) in [5.41, 5.74) is 6.83. The van der Waals surface area contributed by atoms with Gasteiger partial charge in [-0.3, -0.25) is 0 Å². The van der Waals surface area contributed by atoms with Gasteiger partial charge in [0, 0.05) is 18.8 Å². The summed E-state index contributed by atoms with van der Waals surface area (Å²) in [4.78, 5) is 13.4. The molecule has 0 unspecified atom stereocenters. The van der Waals surface area contributed by atoms with Gasteiger partial charge in [0.15, 0.2) is 0 Å². The molecule has 0 aliphatic heterocycles. The van der Waals surface area contributed by atoms with Crippen LogP contribution in [0.15, 0.2) is 12.1 Å². The molecule has 2 rings (SSSR count). The van der Waals surface area contributed by atoms with Gasteiger partial charge in [-0.1, -0.05) is 18.5 Å². The first-order valence-electron chi connectivity index (χ1n) is 6.95. The molecule has 0 spiro atoms. The molecule has 0 bridgehead atoms. The van der Waals surface area contributed by atoms with E-state index in [4.69, 9.17) is 17.3 Å². The summed E-state index contributed by atoms with van der Waals surface area (Å²) in [5.74, 6) is -0.245. The number of hydrogen-bond donors (Lipinski definition) is 2. The number of carboxylic acids is 1. The van der Waals surface area contributed by atoms with Gasteiger partial charge in [-0.15, -0.1) is 0 Å². The first kappa shape index (κ1) is 15.0. The van der Waals surface area contributed by atoms with Gasteiger partial charge in [0.05, 0.1) is 16.3 Å². The molecule has 3 N–H and O–H groups in total. The molecule has 1 aliphatic rings. The van der Waals surface area contributed by atoms with Crippen LogP contribution in [0.5, 0.6) is 0 Å². The number of hydrogen-bond acceptors (Lipinski definition) is 3. The predicted molar refractivity (Wildman–Crippen MR) is 82.6 cm³/mol. The number of anilines is 2. The summed E-state index contributed by atoms with van der Waals surface area (Å²) in [5, 5.41) is 9.77. The first-order chi connectivity index (χ1) is 9.40. The van der Waals surface area contributed by atoms with Crippen LogP contribution in [0.1, 0.15) is 43.0 Å². The van der Waals surface area contributed by atoms with Crippen molar-refractivity contribution in [1.29, 1.82) is 0 Å². The normalized spacial score (nSPS) is 22.6. The Morgan fingerprint density at radius 3 is 2.50 bits per heavy atom. The smallest absolute Gasteiger partial charge is 0.337 e. The lowest BCUT2D eigenvalue weighted by Crippen LogP contribution is -2.36. The van der Waals surface area contributed by atoms with Crippen molar-refractivity contribution in [2.45, 2.75) is 38.6 Å². The minimum atomic E-state index is -0.995. The van der Waals surface area contributed by atoms with E-state index in [0.29, 0.717) is 22.4 Å². The number of nitrogens with two attached hydrogens (primary N) is 1. The number of aromatic carboxylic acids is 1. The van der Waals surface area contributed by atoms with Crippen molar-refractivity contribution >= 4 is 28.9 Å². The molecule has 0 heterocycles. The topological polar surface area (TPSA) is 66.6 Å². The second kappa shape index (κ2) is 5.92. The molecular formula is C15H21ClN2O2. The van der Waals surface area contributed by atoms with Crippen molar-refractivity contribution in [3.8, 4) is 0 Å². The molecule has 20 heavy (non-hydrogen) atoms. The second-order valence-electron chi connectivity index (χ2n) is 5.73. The van der Waals surface area contributed by atoms with Crippen LogP contribution in [0.3, 0.4) is 0 Å². The molecule has 1 aromatic carbocycles. The number of rotatable bonds is 3. The standard InChI is InChI=1S/C15H21ClN2O2/c1-9-3-5-11(6-4-9)18(2)14-12(15(19)20)7-10(17)8-13(14)16/h7-9,11H,3-6,17H2,1-2H3,(H,19,20). The van der Waals surface area contributed by atoms with Crippen LogP contribution in [0.25, 0.3) is 0 Å². The minimum absolute atomic E-state index is 0.177. The third kappa shape index (κ3) is 3.01. The Balaban J connectivity index is 2.33. The molecule has 1 aliphatic carbocycles. The Morgan fingerprint density at radius 1 is 1.35 bits per heavy atom. The maximum absolute atomic E-state index is 11.4. The molecule has 0 aromatic heterocycles. The van der Waals surface area contributed by atoms with Crippen LogP contribution in [-0.4, -0.2) is 24.2 Å². The van der Waals surface area contributed by atoms with E-state index in [1.165, 1.54) is 18.9 Å². The predicted octanol–water partition coefficient (Wildman–Crippen LogP) is 3.64. The van der Waals surface area contributed by atoms with Crippen molar-refractivity contribution in [2.24, 2.45) is 5.92 Å². The molecule has 1 fully saturated rings. The lowest BCUT2D eigenvalue weighted by molar-refractivity contribution is 0.0697. The molecule has 0 saturated heterocycles. The van der Waals surface area contributed by atoms with Crippen molar-refractivity contribution in [3.63, 3.8) is 0 Å². The van der Waals surface area contributed by atoms with Gasteiger partial charge in [-0.25, -0.2) is 4.79 Å². The van der Waals surface area contributed by atoms with Gasteiger partial charge in [0.2, 0.25) is 0 Å². The van der Waals surface area contributed by atoms with E-state index in [2.05, 4.69) is 6.92 Å². The quantitative estimate of drug-likeness (QED) is 0.836. The largest absolute Gasteiger partial charge is 0.478 e. The maximum Gasteiger partial charge on any atom is 0.337 e. The van der Waals surface area contributed by atoms with Crippen molar-refractivity contribution in [3.05, 3.63) is 22.7 Å². The van der Waals surface area contributed by atoms with E-state index in [-0.39, 0.29) is 5.56 Å². The van der Waals surface area contributed by atoms with Crippen molar-refractivity contribution in [2.75, 3.05) is 17.7 Å². The summed E-state index contributed by atoms with van der Waals surface area (Å²) in [7, 11) is 1.92. The average molecular weight is 297 g/mol. The Labute approximate surface area is 124 Å². The van der Waals surface area contributed by atoms with Gasteiger partial charge in [0.1, 0.15) is 0 Å². The van der Waals surface area contributed by atoms with Crippen LogP contribution < -0.4 is 10.6 Å². The minimum Gasteiger partial charge on any atom is -0.478 e. The lowest BCUT2D eigenvalue weighted by atomic mass is 9.86. The number of nitrogens with zero attached hydrogens (tertiary/aromatic N) is 1. The molecule has 1 saturated carbocycles. The Morgan fingerprint density at radius 2 is 1.95 bits per heavy atom. The molecule has 5 heteroatoms. The molecule has 110 valence electrons. The Bertz CT molecular complexity index is 511. The van der Waals surface area contributed by atoms with E-state index in [0.717, 1.165) is 18.8 Å². The van der Waals surface area contributed by atoms with Gasteiger partial charge in [0.25, 0.3) is 0 Å². The lowest BCUT2D eigenvalue weighted by Gasteiger charge is -2.36. The van der Waals surface area contributed by atoms with Crippen molar-refractivity contribution in [1.82, 2.24) is 0 Å². The van der Waals surface area contributed by atoms with Gasteiger partial charge in [-0.05, 0) is 43.7 Å². The molecule has 0 atom stereocenters. The number of carbonyl (C=O) groups is 1. The Hall–Kier alpha value is -1.42. The third-order valence-electron chi connectivity index (χ3n) is 4.20. The van der Waals surface area contributed by atoms with E-state index in [9.17, 15) is 9.90 Å². The summed E-state index contributed by atoms with van der Waals surface area (Å²) in [6.07, 6.45) is 4.48.